The van der Waals surface area contributed by atoms with Crippen molar-refractivity contribution in [3.8, 4) is 0 Å². The van der Waals surface area contributed by atoms with E-state index in [0.29, 0.717) is 5.92 Å². The number of hydrogen-bond acceptors (Lipinski definition) is 1. The van der Waals surface area contributed by atoms with Crippen molar-refractivity contribution in [2.45, 2.75) is 48.0 Å². The Balaban J connectivity index is 3.05. The molecule has 1 rings (SSSR count). The maximum absolute atomic E-state index is 9.75. The molecule has 2 unspecified atom stereocenters. The molecule has 2 atom stereocenters. The van der Waals surface area contributed by atoms with E-state index < -0.39 is 0 Å². The molecule has 92 valence electrons. The van der Waals surface area contributed by atoms with E-state index in [1.807, 2.05) is 0 Å². The van der Waals surface area contributed by atoms with Crippen LogP contribution in [0.5, 0.6) is 0 Å². The first-order valence-corrected chi connectivity index (χ1v) is 6.18. The molecule has 0 aliphatic heterocycles. The van der Waals surface area contributed by atoms with Gasteiger partial charge < -0.3 is 5.11 Å². The summed E-state index contributed by atoms with van der Waals surface area (Å²) in [6.07, 6.45) is 5.66. The van der Waals surface area contributed by atoms with Crippen molar-refractivity contribution >= 4 is 0 Å². The van der Waals surface area contributed by atoms with E-state index in [1.165, 1.54) is 11.1 Å². The van der Waals surface area contributed by atoms with Crippen LogP contribution >= 0.6 is 0 Å². The minimum absolute atomic E-state index is 0.101. The van der Waals surface area contributed by atoms with Gasteiger partial charge in [-0.1, -0.05) is 44.1 Å². The van der Waals surface area contributed by atoms with Crippen molar-refractivity contribution in [2.24, 2.45) is 16.7 Å². The van der Waals surface area contributed by atoms with Crippen molar-refractivity contribution in [1.29, 1.82) is 0 Å². The van der Waals surface area contributed by atoms with E-state index >= 15 is 0 Å². The van der Waals surface area contributed by atoms with Gasteiger partial charge in [0, 0.05) is 5.41 Å². The highest BCUT2D eigenvalue weighted by molar-refractivity contribution is 5.23. The molecule has 1 nitrogen and oxygen atoms in total. The smallest absolute Gasteiger partial charge is 0.0522 e. The van der Waals surface area contributed by atoms with E-state index in [9.17, 15) is 5.11 Å². The summed E-state index contributed by atoms with van der Waals surface area (Å²) < 4.78 is 0. The van der Waals surface area contributed by atoms with Gasteiger partial charge in [-0.25, -0.2) is 0 Å². The summed E-state index contributed by atoms with van der Waals surface area (Å²) in [7, 11) is 0. The Bertz CT molecular complexity index is 318. The summed E-state index contributed by atoms with van der Waals surface area (Å²) in [5, 5.41) is 9.75. The highest BCUT2D eigenvalue weighted by atomic mass is 16.3. The summed E-state index contributed by atoms with van der Waals surface area (Å²) in [6, 6.07) is 0. The second-order valence-electron chi connectivity index (χ2n) is 6.28. The van der Waals surface area contributed by atoms with Gasteiger partial charge >= 0.3 is 0 Å². The fourth-order valence-corrected chi connectivity index (χ4v) is 3.14. The average molecular weight is 222 g/mol. The molecule has 0 aromatic heterocycles. The third-order valence-electron chi connectivity index (χ3n) is 4.30. The van der Waals surface area contributed by atoms with Crippen LogP contribution < -0.4 is 0 Å². The largest absolute Gasteiger partial charge is 0.395 e. The zero-order valence-corrected chi connectivity index (χ0v) is 11.6. The first-order chi connectivity index (χ1) is 7.24. The van der Waals surface area contributed by atoms with Crippen molar-refractivity contribution in [3.63, 3.8) is 0 Å². The molecule has 16 heavy (non-hydrogen) atoms. The fourth-order valence-electron chi connectivity index (χ4n) is 3.14. The maximum atomic E-state index is 9.75. The third kappa shape index (κ3) is 2.24. The summed E-state index contributed by atoms with van der Waals surface area (Å²) >= 11 is 0. The molecule has 1 aliphatic carbocycles. The highest BCUT2D eigenvalue weighted by Crippen LogP contribution is 2.52. The van der Waals surface area contributed by atoms with Gasteiger partial charge in [0.05, 0.1) is 6.61 Å². The van der Waals surface area contributed by atoms with E-state index in [-0.39, 0.29) is 17.4 Å². The molecule has 0 heterocycles. The number of hydrogen-bond donors (Lipinski definition) is 1. The van der Waals surface area contributed by atoms with Gasteiger partial charge in [-0.2, -0.15) is 0 Å². The predicted molar refractivity (Wildman–Crippen MR) is 70.3 cm³/mol. The van der Waals surface area contributed by atoms with Gasteiger partial charge in [-0.3, -0.25) is 0 Å². The molecular weight excluding hydrogens is 196 g/mol. The normalized spacial score (nSPS) is 27.2. The number of aliphatic hydroxyl groups excluding tert-OH is 1. The lowest BCUT2D eigenvalue weighted by molar-refractivity contribution is 0.0724. The lowest BCUT2D eigenvalue weighted by atomic mass is 9.63. The molecule has 1 N–H and O–H groups in total. The molecule has 0 saturated heterocycles. The van der Waals surface area contributed by atoms with Crippen molar-refractivity contribution in [2.75, 3.05) is 6.61 Å². The van der Waals surface area contributed by atoms with Gasteiger partial charge in [0.2, 0.25) is 0 Å². The predicted octanol–water partition coefficient (Wildman–Crippen LogP) is 3.94. The molecule has 0 bridgehead atoms. The van der Waals surface area contributed by atoms with Gasteiger partial charge in [-0.15, -0.1) is 0 Å². The summed E-state index contributed by atoms with van der Waals surface area (Å²) in [5.41, 5.74) is 2.84. The molecule has 1 aliphatic rings. The Morgan fingerprint density at radius 2 is 2.12 bits per heavy atom. The molecule has 0 radical (unpaired) electrons. The molecule has 0 aromatic rings. The number of aliphatic hydroxyl groups is 1. The lowest BCUT2D eigenvalue weighted by Gasteiger charge is -2.41. The van der Waals surface area contributed by atoms with Crippen LogP contribution in [0.3, 0.4) is 0 Å². The van der Waals surface area contributed by atoms with E-state index in [0.717, 1.165) is 6.42 Å². The highest BCUT2D eigenvalue weighted by Gasteiger charge is 2.44. The van der Waals surface area contributed by atoms with Crippen molar-refractivity contribution in [1.82, 2.24) is 0 Å². The van der Waals surface area contributed by atoms with Crippen LogP contribution in [0.25, 0.3) is 0 Å². The monoisotopic (exact) mass is 222 g/mol. The maximum Gasteiger partial charge on any atom is 0.0522 e. The number of allylic oxidation sites excluding steroid dienone is 3. The molecule has 0 spiro atoms. The zero-order chi connectivity index (χ0) is 12.6. The van der Waals surface area contributed by atoms with Crippen molar-refractivity contribution in [3.05, 3.63) is 23.3 Å². The van der Waals surface area contributed by atoms with Gasteiger partial charge in [0.25, 0.3) is 0 Å². The quantitative estimate of drug-likeness (QED) is 0.717. The summed E-state index contributed by atoms with van der Waals surface area (Å²) in [5.74, 6) is 0.500. The second-order valence-corrected chi connectivity index (χ2v) is 6.28. The molecule has 1 heteroatoms. The molecule has 0 aromatic carbocycles. The number of rotatable bonds is 3. The van der Waals surface area contributed by atoms with Crippen LogP contribution in [0.2, 0.25) is 0 Å². The standard InChI is InChI=1S/C15H26O/c1-11(2)9-15(6,10-16)13-8-7-12(3)14(13,4)5/h7,9,13,16H,8,10H2,1-6H3. The molecule has 0 fully saturated rings. The minimum atomic E-state index is -0.101. The van der Waals surface area contributed by atoms with Gasteiger partial charge in [0.1, 0.15) is 0 Å². The van der Waals surface area contributed by atoms with Crippen LogP contribution in [0, 0.1) is 16.7 Å². The van der Waals surface area contributed by atoms with E-state index in [2.05, 4.69) is 53.7 Å². The Kier molecular flexibility index (Phi) is 3.69. The van der Waals surface area contributed by atoms with Crippen LogP contribution in [-0.2, 0) is 0 Å². The van der Waals surface area contributed by atoms with Gasteiger partial charge in [-0.05, 0) is 38.5 Å². The van der Waals surface area contributed by atoms with Crippen LogP contribution in [0.4, 0.5) is 0 Å². The zero-order valence-electron chi connectivity index (χ0n) is 11.6. The van der Waals surface area contributed by atoms with Gasteiger partial charge in [0.15, 0.2) is 0 Å². The Labute approximate surface area is 100 Å². The third-order valence-corrected chi connectivity index (χ3v) is 4.30. The Hall–Kier alpha value is -0.560. The molecule has 0 amide bonds. The average Bonchev–Trinajstić information content (AvgIpc) is 2.41. The Morgan fingerprint density at radius 1 is 1.56 bits per heavy atom. The minimum Gasteiger partial charge on any atom is -0.395 e. The summed E-state index contributed by atoms with van der Waals surface area (Å²) in [4.78, 5) is 0. The van der Waals surface area contributed by atoms with Crippen LogP contribution in [0.15, 0.2) is 23.3 Å². The lowest BCUT2D eigenvalue weighted by Crippen LogP contribution is -2.37. The Morgan fingerprint density at radius 3 is 2.44 bits per heavy atom. The first-order valence-electron chi connectivity index (χ1n) is 6.18. The fraction of sp³-hybridized carbons (Fsp3) is 0.733. The van der Waals surface area contributed by atoms with E-state index in [1.54, 1.807) is 0 Å². The van der Waals surface area contributed by atoms with Crippen molar-refractivity contribution < 1.29 is 5.11 Å². The van der Waals surface area contributed by atoms with Crippen LogP contribution in [0.1, 0.15) is 48.0 Å². The topological polar surface area (TPSA) is 20.2 Å². The SMILES string of the molecule is CC(C)=CC(C)(CO)C1CC=C(C)C1(C)C. The summed E-state index contributed by atoms with van der Waals surface area (Å²) in [6.45, 7) is 13.4. The second kappa shape index (κ2) is 4.37. The first kappa shape index (κ1) is 13.5. The molecular formula is C15H26O. The van der Waals surface area contributed by atoms with E-state index in [4.69, 9.17) is 0 Å². The molecule has 0 saturated carbocycles. The van der Waals surface area contributed by atoms with Crippen LogP contribution in [-0.4, -0.2) is 11.7 Å².